The molecular formula is C96H61BBrO4. The third-order valence-electron chi connectivity index (χ3n) is 19.8. The van der Waals surface area contributed by atoms with E-state index in [2.05, 4.69) is 325 Å². The van der Waals surface area contributed by atoms with Gasteiger partial charge in [-0.1, -0.05) is 325 Å². The van der Waals surface area contributed by atoms with E-state index >= 15 is 0 Å². The fourth-order valence-electron chi connectivity index (χ4n) is 15.4. The van der Waals surface area contributed by atoms with Gasteiger partial charge in [0.15, 0.2) is 5.58 Å². The van der Waals surface area contributed by atoms with E-state index in [4.69, 9.17) is 18.5 Å². The number of rotatable bonds is 9. The van der Waals surface area contributed by atoms with Crippen LogP contribution in [0.1, 0.15) is 0 Å². The summed E-state index contributed by atoms with van der Waals surface area (Å²) in [5, 5.41) is 28.0. The van der Waals surface area contributed by atoms with Crippen LogP contribution in [0.2, 0.25) is 0 Å². The molecule has 0 saturated heterocycles. The number of hydrogen-bond donors (Lipinski definition) is 1. The van der Waals surface area contributed by atoms with E-state index in [0.29, 0.717) is 19.0 Å². The molecule has 1 radical (unpaired) electrons. The van der Waals surface area contributed by atoms with E-state index in [1.54, 1.807) is 0 Å². The molecule has 0 aliphatic carbocycles. The molecule has 479 valence electrons. The van der Waals surface area contributed by atoms with Crippen LogP contribution in [-0.2, 0) is 0 Å². The Balaban J connectivity index is 0.000000121. The van der Waals surface area contributed by atoms with Crippen molar-refractivity contribution in [1.82, 2.24) is 0 Å². The summed E-state index contributed by atoms with van der Waals surface area (Å²) in [6.45, 7) is 0. The van der Waals surface area contributed by atoms with Gasteiger partial charge in [-0.3, -0.25) is 0 Å². The van der Waals surface area contributed by atoms with Crippen molar-refractivity contribution in [3.8, 4) is 83.6 Å². The van der Waals surface area contributed by atoms with Crippen LogP contribution in [0.3, 0.4) is 0 Å². The van der Waals surface area contributed by atoms with Gasteiger partial charge in [0, 0.05) is 31.6 Å². The van der Waals surface area contributed by atoms with Crippen molar-refractivity contribution in [2.45, 2.75) is 0 Å². The smallest absolute Gasteiger partial charge is 0.535 e. The molecule has 1 N–H and O–H groups in total. The highest BCUT2D eigenvalue weighted by Gasteiger charge is 2.22. The van der Waals surface area contributed by atoms with Gasteiger partial charge in [0.1, 0.15) is 22.5 Å². The summed E-state index contributed by atoms with van der Waals surface area (Å²) in [5.41, 5.74) is 20.4. The predicted molar refractivity (Wildman–Crippen MR) is 433 cm³/mol. The molecule has 0 bridgehead atoms. The highest BCUT2D eigenvalue weighted by molar-refractivity contribution is 9.10. The minimum atomic E-state index is 0.511. The fourth-order valence-corrected chi connectivity index (χ4v) is 15.8. The minimum Gasteiger partial charge on any atom is -0.535 e. The van der Waals surface area contributed by atoms with Crippen LogP contribution in [0.15, 0.2) is 377 Å². The lowest BCUT2D eigenvalue weighted by Crippen LogP contribution is -1.99. The highest BCUT2D eigenvalue weighted by atomic mass is 79.9. The zero-order valence-electron chi connectivity index (χ0n) is 55.3. The normalized spacial score (nSPS) is 11.4. The molecule has 0 unspecified atom stereocenters. The zero-order valence-corrected chi connectivity index (χ0v) is 56.9. The van der Waals surface area contributed by atoms with Gasteiger partial charge >= 0.3 is 7.69 Å². The second kappa shape index (κ2) is 26.6. The van der Waals surface area contributed by atoms with Crippen molar-refractivity contribution >= 4 is 132 Å². The molecule has 0 atom stereocenters. The Morgan fingerprint density at radius 1 is 0.245 bits per heavy atom. The number of para-hydroxylation sites is 2. The van der Waals surface area contributed by atoms with Crippen LogP contribution in [0.25, 0.3) is 186 Å². The van der Waals surface area contributed by atoms with E-state index in [9.17, 15) is 0 Å². The summed E-state index contributed by atoms with van der Waals surface area (Å²) >= 11 is 3.64. The van der Waals surface area contributed by atoms with Gasteiger partial charge in [-0.25, -0.2) is 0 Å². The first-order chi connectivity index (χ1) is 50.5. The maximum Gasteiger partial charge on any atom is 0.569 e. The topological polar surface area (TPSA) is 55.7 Å². The third kappa shape index (κ3) is 11.1. The quantitative estimate of drug-likeness (QED) is 0.116. The van der Waals surface area contributed by atoms with Gasteiger partial charge in [0.05, 0.1) is 0 Å². The van der Waals surface area contributed by atoms with Crippen molar-refractivity contribution in [2.75, 3.05) is 0 Å². The van der Waals surface area contributed by atoms with Gasteiger partial charge in [-0.2, -0.15) is 0 Å². The lowest BCUT2D eigenvalue weighted by atomic mass is 9.84. The van der Waals surface area contributed by atoms with Gasteiger partial charge in [-0.05, 0) is 192 Å². The number of benzene rings is 18. The van der Waals surface area contributed by atoms with Crippen molar-refractivity contribution < 1.29 is 18.5 Å². The molecule has 102 heavy (non-hydrogen) atoms. The molecule has 0 saturated carbocycles. The molecular weight excluding hydrogens is 1310 g/mol. The molecule has 0 aliphatic heterocycles. The van der Waals surface area contributed by atoms with Crippen LogP contribution in [0, 0.1) is 0 Å². The first-order valence-electron chi connectivity index (χ1n) is 34.3. The molecule has 4 nitrogen and oxygen atoms in total. The van der Waals surface area contributed by atoms with Gasteiger partial charge in [-0.15, -0.1) is 0 Å². The molecule has 2 aromatic heterocycles. The van der Waals surface area contributed by atoms with Crippen LogP contribution in [-0.4, -0.2) is 12.7 Å². The number of hydrogen-bond acceptors (Lipinski definition) is 4. The van der Waals surface area contributed by atoms with E-state index in [1.807, 2.05) is 54.6 Å². The van der Waals surface area contributed by atoms with E-state index in [0.717, 1.165) is 59.3 Å². The molecule has 20 rings (SSSR count). The summed E-state index contributed by atoms with van der Waals surface area (Å²) in [7, 11) is 0.677. The number of furan rings is 2. The first-order valence-corrected chi connectivity index (χ1v) is 35.1. The summed E-state index contributed by atoms with van der Waals surface area (Å²) < 4.78 is 18.8. The molecule has 2 heterocycles. The molecule has 6 heteroatoms. The van der Waals surface area contributed by atoms with Crippen molar-refractivity contribution in [2.24, 2.45) is 0 Å². The van der Waals surface area contributed by atoms with Crippen molar-refractivity contribution in [3.63, 3.8) is 0 Å². The average Bonchev–Trinajstić information content (AvgIpc) is 1.19. The predicted octanol–water partition coefficient (Wildman–Crippen LogP) is 27.1. The summed E-state index contributed by atoms with van der Waals surface area (Å²) in [4.78, 5) is 0. The third-order valence-corrected chi connectivity index (χ3v) is 20.3. The van der Waals surface area contributed by atoms with Crippen LogP contribution < -0.4 is 4.65 Å². The standard InChI is InChI=1S/C48H30O.C32H21Br.C16H10BO3/c1-3-14-31(15-4-1)45-38-22-9-10-23-39(38)46(32-16-5-2-6-17-32)43-29-34(26-27-40(43)45)33-19-13-20-35(28-33)42-30-36-18-7-8-21-37(36)47-41-24-11-12-25-44(41)49-48(42)47;33-26-15-9-14-24(20-26)25-18-19-29-30(21-25)32(23-12-5-2-6-13-23)28-17-8-7-16-27(28)31(29)22-10-3-1-4-11-22;18-17-20-14-9-10-5-1-2-6-11(10)15-12-7-3-4-8-13(12)19-16(14)15/h1-30H;1-21H;1-9,18H. The summed E-state index contributed by atoms with van der Waals surface area (Å²) in [5.74, 6) is 0.511. The molecule has 0 amide bonds. The first kappa shape index (κ1) is 61.7. The lowest BCUT2D eigenvalue weighted by molar-refractivity contribution is 0.451. The van der Waals surface area contributed by atoms with E-state index < -0.39 is 0 Å². The lowest BCUT2D eigenvalue weighted by Gasteiger charge is -2.19. The Morgan fingerprint density at radius 2 is 0.578 bits per heavy atom. The highest BCUT2D eigenvalue weighted by Crippen LogP contribution is 2.49. The monoisotopic (exact) mass is 1370 g/mol. The van der Waals surface area contributed by atoms with Gasteiger partial charge < -0.3 is 18.5 Å². The second-order valence-corrected chi connectivity index (χ2v) is 26.7. The van der Waals surface area contributed by atoms with Crippen LogP contribution >= 0.6 is 15.9 Å². The maximum atomic E-state index is 8.94. The van der Waals surface area contributed by atoms with Gasteiger partial charge in [0.2, 0.25) is 0 Å². The Labute approximate surface area is 598 Å². The maximum absolute atomic E-state index is 8.94. The number of halogens is 1. The Hall–Kier alpha value is -12.6. The van der Waals surface area contributed by atoms with Crippen molar-refractivity contribution in [1.29, 1.82) is 0 Å². The minimum absolute atomic E-state index is 0.511. The van der Waals surface area contributed by atoms with E-state index in [1.165, 1.54) is 126 Å². The second-order valence-electron chi connectivity index (χ2n) is 25.7. The van der Waals surface area contributed by atoms with Crippen LogP contribution in [0.4, 0.5) is 0 Å². The average molecular weight is 1370 g/mol. The summed E-state index contributed by atoms with van der Waals surface area (Å²) in [6, 6.07) is 129. The Bertz CT molecular complexity index is 6580. The fraction of sp³-hybridized carbons (Fsp3) is 0. The SMILES string of the molecule is Brc1cccc(-c2ccc3c(-c4ccccc4)c4ccccc4c(-c4ccccc4)c3c2)c1.O[B]Oc1cc2ccccc2c2c1oc1ccccc12.c1ccc(-c2c3ccccc3c(-c3ccccc3)c3cc(-c4cccc(-c5cc6ccccc6c6c5oc5ccccc56)c4)ccc23)cc1. The van der Waals surface area contributed by atoms with Crippen molar-refractivity contribution in [3.05, 3.63) is 368 Å². The van der Waals surface area contributed by atoms with Gasteiger partial charge in [0.25, 0.3) is 0 Å². The molecule has 0 spiro atoms. The Kier molecular flexibility index (Phi) is 16.1. The number of fused-ring (bicyclic) bond motifs is 14. The molecule has 0 aliphatic rings. The summed E-state index contributed by atoms with van der Waals surface area (Å²) in [6.07, 6.45) is 0. The largest absolute Gasteiger partial charge is 0.569 e. The van der Waals surface area contributed by atoms with E-state index in [-0.39, 0.29) is 0 Å². The molecule has 18 aromatic carbocycles. The Morgan fingerprint density at radius 3 is 1.04 bits per heavy atom. The molecule has 20 aromatic rings. The van der Waals surface area contributed by atoms with Crippen LogP contribution in [0.5, 0.6) is 5.75 Å². The zero-order chi connectivity index (χ0) is 68.0. The molecule has 0 fully saturated rings.